The van der Waals surface area contributed by atoms with E-state index in [1.165, 1.54) is 6.07 Å². The molecule has 0 amide bonds. The summed E-state index contributed by atoms with van der Waals surface area (Å²) < 4.78 is 0. The van der Waals surface area contributed by atoms with Gasteiger partial charge in [0.25, 0.3) is 0 Å². The van der Waals surface area contributed by atoms with Gasteiger partial charge in [-0.25, -0.2) is 0 Å². The topological polar surface area (TPSA) is 77.8 Å². The average molecular weight is 310 g/mol. The molecule has 0 saturated carbocycles. The molecule has 0 spiro atoms. The second-order valence-corrected chi connectivity index (χ2v) is 6.63. The Morgan fingerprint density at radius 3 is 2.65 bits per heavy atom. The van der Waals surface area contributed by atoms with E-state index in [4.69, 9.17) is 0 Å². The maximum absolute atomic E-state index is 13.0. The molecular formula is C19H18O4. The normalized spacial score (nSPS) is 25.5. The molecule has 2 aliphatic carbocycles. The van der Waals surface area contributed by atoms with Gasteiger partial charge < -0.3 is 15.3 Å². The molecule has 0 heterocycles. The second kappa shape index (κ2) is 4.91. The number of carbonyl (C=O) groups is 1. The summed E-state index contributed by atoms with van der Waals surface area (Å²) in [7, 11) is 0. The number of aromatic hydroxyl groups is 1. The fourth-order valence-corrected chi connectivity index (χ4v) is 4.01. The van der Waals surface area contributed by atoms with E-state index in [0.29, 0.717) is 34.6 Å². The summed E-state index contributed by atoms with van der Waals surface area (Å²) in [5, 5.41) is 31.2. The van der Waals surface area contributed by atoms with Crippen molar-refractivity contribution < 1.29 is 20.1 Å². The highest BCUT2D eigenvalue weighted by Crippen LogP contribution is 2.45. The summed E-state index contributed by atoms with van der Waals surface area (Å²) in [6.07, 6.45) is -0.329. The Labute approximate surface area is 134 Å². The molecule has 0 fully saturated rings. The van der Waals surface area contributed by atoms with Gasteiger partial charge in [0.05, 0.1) is 6.10 Å². The number of phenolic OH excluding ortho intramolecular Hbond substituents is 1. The third-order valence-electron chi connectivity index (χ3n) is 5.02. The third kappa shape index (κ3) is 1.95. The van der Waals surface area contributed by atoms with Crippen molar-refractivity contribution in [3.63, 3.8) is 0 Å². The van der Waals surface area contributed by atoms with E-state index in [-0.39, 0.29) is 17.1 Å². The fraction of sp³-hybridized carbons (Fsp3) is 0.316. The minimum atomic E-state index is -1.06. The number of ketones is 1. The van der Waals surface area contributed by atoms with Gasteiger partial charge >= 0.3 is 0 Å². The maximum atomic E-state index is 13.0. The van der Waals surface area contributed by atoms with E-state index >= 15 is 0 Å². The van der Waals surface area contributed by atoms with Crippen LogP contribution in [0, 0.1) is 5.92 Å². The quantitative estimate of drug-likeness (QED) is 0.699. The van der Waals surface area contributed by atoms with Gasteiger partial charge in [0.1, 0.15) is 11.9 Å². The van der Waals surface area contributed by atoms with Crippen molar-refractivity contribution in [2.24, 2.45) is 5.92 Å². The van der Waals surface area contributed by atoms with E-state index in [1.807, 2.05) is 6.07 Å². The number of aliphatic hydroxyl groups is 2. The van der Waals surface area contributed by atoms with E-state index in [0.717, 1.165) is 12.0 Å². The highest BCUT2D eigenvalue weighted by Gasteiger charge is 2.37. The second-order valence-electron chi connectivity index (χ2n) is 6.63. The lowest BCUT2D eigenvalue weighted by Gasteiger charge is -2.33. The summed E-state index contributed by atoms with van der Waals surface area (Å²) in [5.74, 6) is 0.0399. The van der Waals surface area contributed by atoms with Crippen LogP contribution in [0.4, 0.5) is 0 Å². The van der Waals surface area contributed by atoms with Crippen molar-refractivity contribution in [2.45, 2.75) is 32.0 Å². The van der Waals surface area contributed by atoms with Crippen molar-refractivity contribution in [1.82, 2.24) is 0 Å². The highest BCUT2D eigenvalue weighted by molar-refractivity contribution is 6.14. The molecule has 0 aromatic heterocycles. The lowest BCUT2D eigenvalue weighted by atomic mass is 9.73. The first-order valence-corrected chi connectivity index (χ1v) is 7.87. The van der Waals surface area contributed by atoms with E-state index < -0.39 is 12.2 Å². The van der Waals surface area contributed by atoms with Crippen LogP contribution in [0.5, 0.6) is 5.75 Å². The Morgan fingerprint density at radius 2 is 1.87 bits per heavy atom. The lowest BCUT2D eigenvalue weighted by molar-refractivity contribution is 0.0991. The van der Waals surface area contributed by atoms with E-state index in [1.54, 1.807) is 18.2 Å². The molecule has 4 rings (SSSR count). The molecule has 0 radical (unpaired) electrons. The van der Waals surface area contributed by atoms with Crippen molar-refractivity contribution in [3.05, 3.63) is 63.7 Å². The Balaban J connectivity index is 1.99. The number of benzene rings is 2. The monoisotopic (exact) mass is 310 g/mol. The van der Waals surface area contributed by atoms with Crippen LogP contribution in [0.1, 0.15) is 63.7 Å². The molecule has 23 heavy (non-hydrogen) atoms. The number of hydrogen-bond donors (Lipinski definition) is 3. The molecule has 4 nitrogen and oxygen atoms in total. The Hall–Kier alpha value is -2.17. The Kier molecular flexibility index (Phi) is 3.08. The van der Waals surface area contributed by atoms with Crippen molar-refractivity contribution in [1.29, 1.82) is 0 Å². The van der Waals surface area contributed by atoms with E-state index in [9.17, 15) is 20.1 Å². The van der Waals surface area contributed by atoms with E-state index in [2.05, 4.69) is 6.92 Å². The van der Waals surface area contributed by atoms with Crippen molar-refractivity contribution >= 4 is 5.78 Å². The summed E-state index contributed by atoms with van der Waals surface area (Å²) in [4.78, 5) is 13.0. The smallest absolute Gasteiger partial charge is 0.194 e. The van der Waals surface area contributed by atoms with Gasteiger partial charge in [-0.2, -0.15) is 0 Å². The first-order chi connectivity index (χ1) is 11.0. The largest absolute Gasteiger partial charge is 0.508 e. The standard InChI is InChI=1S/C19H18O4/c1-9-7-10-5-6-12-17(15(10)14(21)8-9)19(23)11-3-2-4-13(20)16(11)18(12)22/h2-6,9,14,18,20-22H,7-8H2,1H3. The summed E-state index contributed by atoms with van der Waals surface area (Å²) in [6.45, 7) is 2.08. The van der Waals surface area contributed by atoms with Gasteiger partial charge in [0, 0.05) is 16.7 Å². The molecule has 2 aromatic carbocycles. The minimum absolute atomic E-state index is 0.0825. The highest BCUT2D eigenvalue weighted by atomic mass is 16.3. The van der Waals surface area contributed by atoms with Gasteiger partial charge in [-0.15, -0.1) is 0 Å². The average Bonchev–Trinajstić information content (AvgIpc) is 2.51. The molecule has 0 bridgehead atoms. The molecule has 0 saturated heterocycles. The van der Waals surface area contributed by atoms with Crippen LogP contribution in [0.15, 0.2) is 30.3 Å². The van der Waals surface area contributed by atoms with Crippen LogP contribution in [0.25, 0.3) is 0 Å². The summed E-state index contributed by atoms with van der Waals surface area (Å²) >= 11 is 0. The predicted octanol–water partition coefficient (Wildman–Crippen LogP) is 2.63. The third-order valence-corrected chi connectivity index (χ3v) is 5.02. The number of phenols is 1. The number of hydrogen-bond acceptors (Lipinski definition) is 4. The predicted molar refractivity (Wildman–Crippen MR) is 84.5 cm³/mol. The number of carbonyl (C=O) groups excluding carboxylic acids is 1. The van der Waals surface area contributed by atoms with Gasteiger partial charge in [0.2, 0.25) is 0 Å². The molecule has 3 atom stereocenters. The van der Waals surface area contributed by atoms with Gasteiger partial charge in [-0.3, -0.25) is 4.79 Å². The number of rotatable bonds is 0. The van der Waals surface area contributed by atoms with Crippen molar-refractivity contribution in [3.8, 4) is 5.75 Å². The van der Waals surface area contributed by atoms with Crippen LogP contribution < -0.4 is 0 Å². The molecule has 2 aromatic rings. The molecular weight excluding hydrogens is 292 g/mol. The molecule has 0 aliphatic heterocycles. The Bertz CT molecular complexity index is 824. The van der Waals surface area contributed by atoms with Gasteiger partial charge in [-0.05, 0) is 41.5 Å². The molecule has 118 valence electrons. The zero-order valence-electron chi connectivity index (χ0n) is 12.8. The summed E-state index contributed by atoms with van der Waals surface area (Å²) in [6, 6.07) is 8.30. The Morgan fingerprint density at radius 1 is 1.09 bits per heavy atom. The summed E-state index contributed by atoms with van der Waals surface area (Å²) in [5.41, 5.74) is 3.06. The molecule has 4 heteroatoms. The molecule has 3 unspecified atom stereocenters. The van der Waals surface area contributed by atoms with Crippen LogP contribution in [-0.4, -0.2) is 21.1 Å². The lowest BCUT2D eigenvalue weighted by Crippen LogP contribution is -2.26. The fourth-order valence-electron chi connectivity index (χ4n) is 4.01. The van der Waals surface area contributed by atoms with Crippen molar-refractivity contribution in [2.75, 3.05) is 0 Å². The zero-order chi connectivity index (χ0) is 16.3. The van der Waals surface area contributed by atoms with Crippen LogP contribution in [0.2, 0.25) is 0 Å². The number of fused-ring (bicyclic) bond motifs is 4. The first kappa shape index (κ1) is 14.4. The molecule has 2 aliphatic rings. The minimum Gasteiger partial charge on any atom is -0.508 e. The maximum Gasteiger partial charge on any atom is 0.194 e. The number of aliphatic hydroxyl groups excluding tert-OH is 2. The van der Waals surface area contributed by atoms with Crippen LogP contribution >= 0.6 is 0 Å². The van der Waals surface area contributed by atoms with Gasteiger partial charge in [0.15, 0.2) is 5.78 Å². The van der Waals surface area contributed by atoms with Gasteiger partial charge in [-0.1, -0.05) is 31.2 Å². The SMILES string of the molecule is CC1Cc2ccc3c(c2C(O)C1)C(=O)c1cccc(O)c1C3O. The van der Waals surface area contributed by atoms with Crippen LogP contribution in [-0.2, 0) is 6.42 Å². The zero-order valence-corrected chi connectivity index (χ0v) is 12.8. The van der Waals surface area contributed by atoms with Crippen LogP contribution in [0.3, 0.4) is 0 Å². The first-order valence-electron chi connectivity index (χ1n) is 7.87. The molecule has 3 N–H and O–H groups in total.